The Morgan fingerprint density at radius 1 is 1.14 bits per heavy atom. The second kappa shape index (κ2) is 11.3. The van der Waals surface area contributed by atoms with Crippen LogP contribution in [-0.4, -0.2) is 35.0 Å². The Balaban J connectivity index is 1.78. The van der Waals surface area contributed by atoms with Crippen LogP contribution in [-0.2, 0) is 27.1 Å². The Morgan fingerprint density at radius 3 is 2.49 bits per heavy atom. The maximum absolute atomic E-state index is 13.8. The van der Waals surface area contributed by atoms with Crippen molar-refractivity contribution in [3.63, 3.8) is 0 Å². The lowest BCUT2D eigenvalue weighted by atomic mass is 9.89. The van der Waals surface area contributed by atoms with E-state index in [-0.39, 0.29) is 48.1 Å². The van der Waals surface area contributed by atoms with Crippen LogP contribution in [0.5, 0.6) is 0 Å². The molecule has 0 spiro atoms. The largest absolute Gasteiger partial charge is 0.492 e. The molecular weight excluding hydrogens is 527 g/mol. The fourth-order valence-corrected chi connectivity index (χ4v) is 5.94. The highest BCUT2D eigenvalue weighted by Gasteiger charge is 2.41. The summed E-state index contributed by atoms with van der Waals surface area (Å²) in [6.45, 7) is 2.15. The number of ketones is 2. The summed E-state index contributed by atoms with van der Waals surface area (Å²) in [5.74, 6) is -0.785. The number of Topliss-reactive ketones (excluding diaryl/α,β-unsaturated/α-hetero) is 2. The van der Waals surface area contributed by atoms with Crippen molar-refractivity contribution in [2.45, 2.75) is 50.6 Å². The van der Waals surface area contributed by atoms with E-state index in [1.54, 1.807) is 11.8 Å². The third kappa shape index (κ3) is 5.88. The average Bonchev–Trinajstić information content (AvgIpc) is 3.27. The van der Waals surface area contributed by atoms with E-state index in [0.717, 1.165) is 28.3 Å². The summed E-state index contributed by atoms with van der Waals surface area (Å²) in [5.41, 5.74) is -1.29. The molecule has 0 N–H and O–H groups in total. The van der Waals surface area contributed by atoms with Gasteiger partial charge in [0.2, 0.25) is 11.7 Å². The van der Waals surface area contributed by atoms with Gasteiger partial charge in [-0.1, -0.05) is 48.9 Å². The fourth-order valence-electron chi connectivity index (χ4n) is 4.58. The van der Waals surface area contributed by atoms with Gasteiger partial charge in [-0.25, -0.2) is 0 Å². The number of hydrogen-bond acceptors (Lipinski definition) is 5. The van der Waals surface area contributed by atoms with Crippen molar-refractivity contribution < 1.29 is 32.3 Å². The zero-order valence-electron chi connectivity index (χ0n) is 20.1. The Morgan fingerprint density at radius 2 is 1.86 bits per heavy atom. The summed E-state index contributed by atoms with van der Waals surface area (Å²) in [7, 11) is 0. The smallest absolute Gasteiger partial charge is 0.418 e. The lowest BCUT2D eigenvalue weighted by Gasteiger charge is -2.27. The summed E-state index contributed by atoms with van der Waals surface area (Å²) in [6, 6.07) is 10.9. The molecule has 0 bridgehead atoms. The molecule has 1 fully saturated rings. The van der Waals surface area contributed by atoms with Crippen molar-refractivity contribution in [1.29, 1.82) is 0 Å². The molecule has 4 rings (SSSR count). The molecule has 196 valence electrons. The molecule has 10 heteroatoms. The van der Waals surface area contributed by atoms with Gasteiger partial charge in [0.1, 0.15) is 17.9 Å². The van der Waals surface area contributed by atoms with Crippen LogP contribution in [0.25, 0.3) is 0 Å². The highest BCUT2D eigenvalue weighted by molar-refractivity contribution is 7.99. The molecule has 2 aromatic rings. The zero-order chi connectivity index (χ0) is 26.7. The lowest BCUT2D eigenvalue weighted by molar-refractivity contribution is -0.137. The van der Waals surface area contributed by atoms with Crippen LogP contribution in [0.2, 0.25) is 5.02 Å². The minimum Gasteiger partial charge on any atom is -0.492 e. The molecule has 1 aliphatic heterocycles. The molecule has 0 radical (unpaired) electrons. The fraction of sp³-hybridized carbons (Fsp3) is 0.370. The third-order valence-corrected chi connectivity index (χ3v) is 7.80. The summed E-state index contributed by atoms with van der Waals surface area (Å²) >= 11 is 8.01. The van der Waals surface area contributed by atoms with Crippen LogP contribution >= 0.6 is 23.4 Å². The molecule has 0 saturated carbocycles. The number of carbonyl (C=O) groups is 3. The van der Waals surface area contributed by atoms with Gasteiger partial charge in [0.25, 0.3) is 0 Å². The van der Waals surface area contributed by atoms with E-state index in [0.29, 0.717) is 12.8 Å². The second-order valence-electron chi connectivity index (χ2n) is 8.78. The molecule has 1 atom stereocenters. The molecule has 2 aromatic carbocycles. The molecule has 5 nitrogen and oxygen atoms in total. The number of halogens is 4. The number of thioether (sulfide) groups is 1. The number of carbonyl (C=O) groups excluding carboxylic acids is 3. The van der Waals surface area contributed by atoms with Gasteiger partial charge in [0.05, 0.1) is 16.3 Å². The highest BCUT2D eigenvalue weighted by Crippen LogP contribution is 2.44. The first-order chi connectivity index (χ1) is 17.6. The normalized spacial score (nSPS) is 18.5. The Kier molecular flexibility index (Phi) is 8.33. The van der Waals surface area contributed by atoms with E-state index in [1.807, 2.05) is 37.3 Å². The molecule has 1 saturated heterocycles. The van der Waals surface area contributed by atoms with Gasteiger partial charge in [-0.05, 0) is 29.9 Å². The van der Waals surface area contributed by atoms with Gasteiger partial charge in [-0.3, -0.25) is 14.4 Å². The van der Waals surface area contributed by atoms with E-state index in [4.69, 9.17) is 16.3 Å². The minimum absolute atomic E-state index is 0.0578. The molecule has 37 heavy (non-hydrogen) atoms. The van der Waals surface area contributed by atoms with Crippen LogP contribution in [0.4, 0.5) is 18.9 Å². The first kappa shape index (κ1) is 27.3. The van der Waals surface area contributed by atoms with Crippen LogP contribution in [0.3, 0.4) is 0 Å². The number of benzene rings is 2. The molecule has 2 aliphatic rings. The monoisotopic (exact) mass is 551 g/mol. The van der Waals surface area contributed by atoms with Crippen molar-refractivity contribution in [1.82, 2.24) is 0 Å². The van der Waals surface area contributed by atoms with Crippen molar-refractivity contribution in [3.8, 4) is 0 Å². The quantitative estimate of drug-likeness (QED) is 0.272. The van der Waals surface area contributed by atoms with Crippen molar-refractivity contribution in [3.05, 3.63) is 75.5 Å². The van der Waals surface area contributed by atoms with Crippen LogP contribution in [0.15, 0.2) is 53.8 Å². The zero-order valence-corrected chi connectivity index (χ0v) is 21.6. The van der Waals surface area contributed by atoms with E-state index in [1.165, 1.54) is 0 Å². The average molecular weight is 552 g/mol. The maximum Gasteiger partial charge on any atom is 0.418 e. The number of rotatable bonds is 8. The summed E-state index contributed by atoms with van der Waals surface area (Å²) in [6.07, 6.45) is -3.90. The summed E-state index contributed by atoms with van der Waals surface area (Å²) < 4.78 is 47.5. The van der Waals surface area contributed by atoms with Crippen molar-refractivity contribution in [2.75, 3.05) is 17.2 Å². The van der Waals surface area contributed by atoms with Crippen LogP contribution in [0, 0.1) is 0 Å². The number of allylic oxidation sites excluding steroid dienone is 2. The Hall–Kier alpha value is -2.78. The summed E-state index contributed by atoms with van der Waals surface area (Å²) in [5, 5.41) is -0.580. The van der Waals surface area contributed by atoms with Crippen molar-refractivity contribution >= 4 is 46.5 Å². The number of alkyl halides is 3. The molecule has 1 amide bonds. The Bertz CT molecular complexity index is 1250. The van der Waals surface area contributed by atoms with E-state index < -0.39 is 39.9 Å². The molecule has 1 heterocycles. The summed E-state index contributed by atoms with van der Waals surface area (Å²) in [4.78, 5) is 40.2. The first-order valence-corrected chi connectivity index (χ1v) is 13.3. The standard InChI is InChI=1S/C27H25ClF3NO4S/c1-2-37-17-13-20(33)23(21(14-17)36-15-16-7-4-3-5-8-16)26(35)18-10-11-19(27(29,30)31)25(24(18)28)32-12-6-9-22(32)34/h3-5,7-8,10-11,17H,2,6,9,12-15H2,1H3. The van der Waals surface area contributed by atoms with Gasteiger partial charge >= 0.3 is 6.18 Å². The SMILES string of the molecule is CCSC1CC(=O)C(C(=O)c2ccc(C(F)(F)F)c(N3CCCC3=O)c2Cl)=C(OCc2ccccc2)C1. The molecule has 1 aliphatic carbocycles. The maximum atomic E-state index is 13.8. The number of anilines is 1. The van der Waals surface area contributed by atoms with Gasteiger partial charge in [0, 0.05) is 36.6 Å². The van der Waals surface area contributed by atoms with Crippen LogP contribution in [0.1, 0.15) is 54.1 Å². The van der Waals surface area contributed by atoms with Gasteiger partial charge in [-0.15, -0.1) is 0 Å². The Labute approximate surface area is 222 Å². The number of amides is 1. The minimum atomic E-state index is -4.79. The van der Waals surface area contributed by atoms with Crippen molar-refractivity contribution in [2.24, 2.45) is 0 Å². The first-order valence-electron chi connectivity index (χ1n) is 11.9. The van der Waals surface area contributed by atoms with E-state index in [9.17, 15) is 27.6 Å². The van der Waals surface area contributed by atoms with E-state index in [2.05, 4.69) is 0 Å². The molecular formula is C27H25ClF3NO4S. The lowest BCUT2D eigenvalue weighted by Crippen LogP contribution is -2.29. The second-order valence-corrected chi connectivity index (χ2v) is 10.7. The highest BCUT2D eigenvalue weighted by atomic mass is 35.5. The predicted octanol–water partition coefficient (Wildman–Crippen LogP) is 6.62. The van der Waals surface area contributed by atoms with Gasteiger partial charge in [-0.2, -0.15) is 24.9 Å². The molecule has 1 unspecified atom stereocenters. The number of ether oxygens (including phenoxy) is 1. The predicted molar refractivity (Wildman–Crippen MR) is 137 cm³/mol. The van der Waals surface area contributed by atoms with Gasteiger partial charge in [0.15, 0.2) is 5.78 Å². The van der Waals surface area contributed by atoms with Gasteiger partial charge < -0.3 is 9.64 Å². The van der Waals surface area contributed by atoms with E-state index >= 15 is 0 Å². The number of hydrogen-bond donors (Lipinski definition) is 0. The molecule has 0 aromatic heterocycles. The topological polar surface area (TPSA) is 63.7 Å². The van der Waals surface area contributed by atoms with Crippen LogP contribution < -0.4 is 4.90 Å². The third-order valence-electron chi connectivity index (χ3n) is 6.28. The number of nitrogens with zero attached hydrogens (tertiary/aromatic N) is 1.